The van der Waals surface area contributed by atoms with Gasteiger partial charge in [-0.1, -0.05) is 37.3 Å². The van der Waals surface area contributed by atoms with Crippen LogP contribution >= 0.6 is 12.6 Å². The number of aromatic nitrogens is 2. The Morgan fingerprint density at radius 1 is 1.26 bits per heavy atom. The van der Waals surface area contributed by atoms with Crippen LogP contribution in [0.4, 0.5) is 5.69 Å². The number of aromatic amines is 1. The zero-order valence-corrected chi connectivity index (χ0v) is 20.8. The van der Waals surface area contributed by atoms with E-state index < -0.39 is 10.0 Å². The van der Waals surface area contributed by atoms with Crippen molar-refractivity contribution in [2.45, 2.75) is 44.1 Å². The Hall–Kier alpha value is -2.80. The molecule has 0 bridgehead atoms. The number of thiol groups is 1. The summed E-state index contributed by atoms with van der Waals surface area (Å²) in [6, 6.07) is 17.4. The SMILES string of the molecule is CC(S)CCS(=O)(=O)N1Cc2cc(C#N)ccc2N(Cc2cnc[nH]2)C[C@H]1Cc1ccccc1. The Labute approximate surface area is 206 Å². The summed E-state index contributed by atoms with van der Waals surface area (Å²) in [6.45, 7) is 3.21. The molecular formula is C25H29N5O2S2. The first-order chi connectivity index (χ1) is 16.4. The highest BCUT2D eigenvalue weighted by Gasteiger charge is 2.35. The first kappa shape index (κ1) is 24.3. The van der Waals surface area contributed by atoms with Crippen molar-refractivity contribution in [2.75, 3.05) is 17.2 Å². The van der Waals surface area contributed by atoms with E-state index in [4.69, 9.17) is 0 Å². The van der Waals surface area contributed by atoms with Gasteiger partial charge in [0, 0.05) is 31.0 Å². The van der Waals surface area contributed by atoms with Gasteiger partial charge in [0.15, 0.2) is 0 Å². The largest absolute Gasteiger partial charge is 0.364 e. The van der Waals surface area contributed by atoms with Crippen LogP contribution in [0.25, 0.3) is 0 Å². The van der Waals surface area contributed by atoms with Crippen LogP contribution in [0.5, 0.6) is 0 Å². The van der Waals surface area contributed by atoms with E-state index in [-0.39, 0.29) is 23.6 Å². The lowest BCUT2D eigenvalue weighted by atomic mass is 10.1. The molecule has 0 amide bonds. The zero-order valence-electron chi connectivity index (χ0n) is 19.1. The van der Waals surface area contributed by atoms with Crippen molar-refractivity contribution in [3.05, 3.63) is 83.4 Å². The van der Waals surface area contributed by atoms with Crippen LogP contribution in [0.1, 0.15) is 35.7 Å². The van der Waals surface area contributed by atoms with Crippen molar-refractivity contribution < 1.29 is 8.42 Å². The van der Waals surface area contributed by atoms with Gasteiger partial charge in [-0.05, 0) is 47.4 Å². The highest BCUT2D eigenvalue weighted by Crippen LogP contribution is 2.32. The van der Waals surface area contributed by atoms with Crippen LogP contribution in [0.15, 0.2) is 61.1 Å². The van der Waals surface area contributed by atoms with E-state index in [0.717, 1.165) is 22.5 Å². The number of anilines is 1. The summed E-state index contributed by atoms with van der Waals surface area (Å²) in [5.74, 6) is 0.0385. The number of nitrogens with one attached hydrogen (secondary N) is 1. The number of benzene rings is 2. The van der Waals surface area contributed by atoms with E-state index in [1.165, 1.54) is 0 Å². The molecule has 2 atom stereocenters. The van der Waals surface area contributed by atoms with Gasteiger partial charge in [0.1, 0.15) is 0 Å². The van der Waals surface area contributed by atoms with Crippen molar-refractivity contribution >= 4 is 28.3 Å². The third kappa shape index (κ3) is 5.81. The third-order valence-electron chi connectivity index (χ3n) is 6.09. The molecule has 0 fully saturated rings. The molecule has 1 unspecified atom stereocenters. The molecule has 1 aliphatic rings. The van der Waals surface area contributed by atoms with Crippen LogP contribution in [0.3, 0.4) is 0 Å². The number of hydrogen-bond donors (Lipinski definition) is 2. The average molecular weight is 496 g/mol. The molecule has 3 aromatic rings. The van der Waals surface area contributed by atoms with Gasteiger partial charge in [0.05, 0.1) is 36.0 Å². The maximum absolute atomic E-state index is 13.6. The fourth-order valence-corrected chi connectivity index (χ4v) is 6.49. The summed E-state index contributed by atoms with van der Waals surface area (Å²) < 4.78 is 28.9. The number of nitriles is 1. The van der Waals surface area contributed by atoms with Gasteiger partial charge in [0.25, 0.3) is 0 Å². The molecule has 2 aromatic carbocycles. The number of nitrogens with zero attached hydrogens (tertiary/aromatic N) is 4. The Bertz CT molecular complexity index is 1240. The molecule has 1 N–H and O–H groups in total. The van der Waals surface area contributed by atoms with Crippen molar-refractivity contribution in [2.24, 2.45) is 0 Å². The molecule has 0 aliphatic carbocycles. The summed E-state index contributed by atoms with van der Waals surface area (Å²) in [6.07, 6.45) is 4.49. The minimum Gasteiger partial charge on any atom is -0.364 e. The minimum atomic E-state index is -3.56. The molecule has 0 radical (unpaired) electrons. The van der Waals surface area contributed by atoms with Gasteiger partial charge in [-0.2, -0.15) is 22.2 Å². The van der Waals surface area contributed by atoms with Crippen LogP contribution in [0, 0.1) is 11.3 Å². The molecule has 0 saturated heterocycles. The summed E-state index contributed by atoms with van der Waals surface area (Å²) >= 11 is 4.40. The minimum absolute atomic E-state index is 0.0105. The first-order valence-corrected chi connectivity index (χ1v) is 13.4. The Morgan fingerprint density at radius 2 is 2.06 bits per heavy atom. The standard InChI is InChI=1S/C25H29N5O2S2/c1-19(33)9-10-34(31,32)30-15-22-11-21(13-26)7-8-25(22)29(16-23-14-27-18-28-23)17-24(30)12-20-5-3-2-4-6-20/h2-8,11,14,18-19,24,33H,9-10,12,15-17H2,1H3,(H,27,28)/t19?,24-/m1/s1. The summed E-state index contributed by atoms with van der Waals surface area (Å²) in [5.41, 5.74) is 4.31. The van der Waals surface area contributed by atoms with Crippen molar-refractivity contribution in [1.82, 2.24) is 14.3 Å². The van der Waals surface area contributed by atoms with E-state index in [2.05, 4.69) is 33.6 Å². The molecule has 4 rings (SSSR count). The molecule has 1 aromatic heterocycles. The van der Waals surface area contributed by atoms with Crippen molar-refractivity contribution in [3.63, 3.8) is 0 Å². The number of fused-ring (bicyclic) bond motifs is 1. The Balaban J connectivity index is 1.77. The average Bonchev–Trinajstić information content (AvgIpc) is 3.28. The van der Waals surface area contributed by atoms with E-state index in [1.807, 2.05) is 49.4 Å². The van der Waals surface area contributed by atoms with Crippen molar-refractivity contribution in [3.8, 4) is 6.07 Å². The second-order valence-corrected chi connectivity index (χ2v) is 11.7. The van der Waals surface area contributed by atoms with Gasteiger partial charge >= 0.3 is 0 Å². The maximum atomic E-state index is 13.6. The number of rotatable bonds is 8. The van der Waals surface area contributed by atoms with E-state index in [1.54, 1.807) is 22.9 Å². The summed E-state index contributed by atoms with van der Waals surface area (Å²) in [5, 5.41) is 9.47. The predicted molar refractivity (Wildman–Crippen MR) is 137 cm³/mol. The lowest BCUT2D eigenvalue weighted by Crippen LogP contribution is -2.46. The monoisotopic (exact) mass is 495 g/mol. The predicted octanol–water partition coefficient (Wildman–Crippen LogP) is 3.75. The quantitative estimate of drug-likeness (QED) is 0.464. The second kappa shape index (κ2) is 10.6. The maximum Gasteiger partial charge on any atom is 0.214 e. The van der Waals surface area contributed by atoms with Crippen LogP contribution in [-0.2, 0) is 29.5 Å². The number of sulfonamides is 1. The van der Waals surface area contributed by atoms with Crippen LogP contribution in [-0.4, -0.2) is 46.3 Å². The van der Waals surface area contributed by atoms with Gasteiger partial charge in [-0.15, -0.1) is 0 Å². The molecule has 0 saturated carbocycles. The number of imidazole rings is 1. The zero-order chi connectivity index (χ0) is 24.1. The van der Waals surface area contributed by atoms with Crippen molar-refractivity contribution in [1.29, 1.82) is 5.26 Å². The fraction of sp³-hybridized carbons (Fsp3) is 0.360. The highest BCUT2D eigenvalue weighted by atomic mass is 32.2. The molecule has 7 nitrogen and oxygen atoms in total. The fourth-order valence-electron chi connectivity index (χ4n) is 4.37. The molecular weight excluding hydrogens is 466 g/mol. The van der Waals surface area contributed by atoms with Gasteiger partial charge < -0.3 is 9.88 Å². The smallest absolute Gasteiger partial charge is 0.214 e. The Morgan fingerprint density at radius 3 is 2.74 bits per heavy atom. The van der Waals surface area contributed by atoms with Crippen LogP contribution < -0.4 is 4.90 Å². The molecule has 178 valence electrons. The summed E-state index contributed by atoms with van der Waals surface area (Å²) in [7, 11) is -3.56. The first-order valence-electron chi connectivity index (χ1n) is 11.3. The second-order valence-electron chi connectivity index (χ2n) is 8.76. The van der Waals surface area contributed by atoms with Gasteiger partial charge in [-0.3, -0.25) is 0 Å². The molecule has 34 heavy (non-hydrogen) atoms. The number of H-pyrrole nitrogens is 1. The van der Waals surface area contributed by atoms with E-state index in [0.29, 0.717) is 31.5 Å². The lowest BCUT2D eigenvalue weighted by molar-refractivity contribution is 0.317. The lowest BCUT2D eigenvalue weighted by Gasteiger charge is -2.32. The molecule has 0 spiro atoms. The third-order valence-corrected chi connectivity index (χ3v) is 8.25. The van der Waals surface area contributed by atoms with Gasteiger partial charge in [-0.25, -0.2) is 13.4 Å². The topological polar surface area (TPSA) is 93.1 Å². The highest BCUT2D eigenvalue weighted by molar-refractivity contribution is 7.89. The van der Waals surface area contributed by atoms with E-state index >= 15 is 0 Å². The van der Waals surface area contributed by atoms with Gasteiger partial charge in [0.2, 0.25) is 10.0 Å². The molecule has 9 heteroatoms. The molecule has 2 heterocycles. The van der Waals surface area contributed by atoms with E-state index in [9.17, 15) is 13.7 Å². The summed E-state index contributed by atoms with van der Waals surface area (Å²) in [4.78, 5) is 9.48. The number of hydrogen-bond acceptors (Lipinski definition) is 6. The Kier molecular flexibility index (Phi) is 7.61. The van der Waals surface area contributed by atoms with Crippen LogP contribution in [0.2, 0.25) is 0 Å². The molecule has 1 aliphatic heterocycles. The normalized spacial score (nSPS) is 17.6.